The van der Waals surface area contributed by atoms with Crippen LogP contribution >= 0.6 is 34.8 Å². The van der Waals surface area contributed by atoms with Crippen LogP contribution in [-0.2, 0) is 38.1 Å². The van der Waals surface area contributed by atoms with E-state index >= 15 is 0 Å². The van der Waals surface area contributed by atoms with Crippen molar-refractivity contribution in [2.45, 2.75) is 108 Å². The number of pyridine rings is 1. The zero-order valence-corrected chi connectivity index (χ0v) is 34.2. The summed E-state index contributed by atoms with van der Waals surface area (Å²) in [7, 11) is 1.37. The van der Waals surface area contributed by atoms with Gasteiger partial charge in [-0.25, -0.2) is 10.2 Å². The van der Waals surface area contributed by atoms with E-state index in [-0.39, 0.29) is 6.54 Å². The highest BCUT2D eigenvalue weighted by Crippen LogP contribution is 2.27. The molecule has 0 aliphatic carbocycles. The van der Waals surface area contributed by atoms with Gasteiger partial charge < -0.3 is 29.6 Å². The highest BCUT2D eigenvalue weighted by Gasteiger charge is 2.38. The van der Waals surface area contributed by atoms with Crippen molar-refractivity contribution in [3.8, 4) is 0 Å². The quantitative estimate of drug-likeness (QED) is 0.128. The number of ether oxygens (including phenoxy) is 4. The summed E-state index contributed by atoms with van der Waals surface area (Å²) >= 11 is 17.0. The summed E-state index contributed by atoms with van der Waals surface area (Å²) in [6.07, 6.45) is 1.44. The van der Waals surface area contributed by atoms with Crippen LogP contribution < -0.4 is 16.1 Å². The number of nitrogens with zero attached hydrogens (tertiary/aromatic N) is 2. The molecular weight excluding hydrogens is 765 g/mol. The van der Waals surface area contributed by atoms with Gasteiger partial charge in [0.15, 0.2) is 0 Å². The van der Waals surface area contributed by atoms with E-state index in [9.17, 15) is 24.0 Å². The third kappa shape index (κ3) is 13.6. The zero-order chi connectivity index (χ0) is 40.6. The molecule has 54 heavy (non-hydrogen) atoms. The minimum absolute atomic E-state index is 0.263. The average Bonchev–Trinajstić information content (AvgIpc) is 3.09. The number of aromatic nitrogens is 1. The van der Waals surface area contributed by atoms with Crippen molar-refractivity contribution in [1.82, 2.24) is 26.1 Å². The van der Waals surface area contributed by atoms with Gasteiger partial charge in [0.05, 0.1) is 22.7 Å². The number of esters is 2. The number of amides is 3. The number of halogens is 3. The lowest BCUT2D eigenvalue weighted by molar-refractivity contribution is -0.170. The Balaban J connectivity index is 1.66. The Morgan fingerprint density at radius 3 is 2.31 bits per heavy atom. The van der Waals surface area contributed by atoms with Gasteiger partial charge in [-0.15, -0.1) is 0 Å². The molecule has 1 aromatic heterocycles. The Kier molecular flexibility index (Phi) is 15.5. The third-order valence-electron chi connectivity index (χ3n) is 8.27. The fraction of sp³-hybridized carbons (Fsp3) is 0.568. The van der Waals surface area contributed by atoms with Gasteiger partial charge in [-0.2, -0.15) is 0 Å². The first-order valence-electron chi connectivity index (χ1n) is 17.4. The van der Waals surface area contributed by atoms with Crippen LogP contribution in [0.25, 0.3) is 17.0 Å². The minimum Gasteiger partial charge on any atom is -0.460 e. The van der Waals surface area contributed by atoms with Crippen molar-refractivity contribution in [3.63, 3.8) is 0 Å². The molecule has 298 valence electrons. The molecule has 0 spiro atoms. The van der Waals surface area contributed by atoms with Crippen molar-refractivity contribution < 1.29 is 42.9 Å². The topological polar surface area (TPSA) is 174 Å². The smallest absolute Gasteiger partial charge is 0.408 e. The van der Waals surface area contributed by atoms with Gasteiger partial charge in [0.25, 0.3) is 11.8 Å². The van der Waals surface area contributed by atoms with Gasteiger partial charge in [0.1, 0.15) is 30.4 Å². The summed E-state index contributed by atoms with van der Waals surface area (Å²) in [6, 6.07) is 7.01. The van der Waals surface area contributed by atoms with E-state index in [1.807, 2.05) is 37.3 Å². The van der Waals surface area contributed by atoms with Crippen LogP contribution in [0.4, 0.5) is 4.79 Å². The van der Waals surface area contributed by atoms with E-state index in [0.717, 1.165) is 10.9 Å². The molecule has 3 N–H and O–H groups in total. The third-order valence-corrected chi connectivity index (χ3v) is 8.60. The number of carbonyl (C=O) groups is 5. The molecule has 3 rings (SSSR count). The Hall–Kier alpha value is -3.69. The average molecular weight is 815 g/mol. The Morgan fingerprint density at radius 2 is 1.69 bits per heavy atom. The van der Waals surface area contributed by atoms with E-state index in [2.05, 4.69) is 16.1 Å². The summed E-state index contributed by atoms with van der Waals surface area (Å²) < 4.78 is 19.7. The van der Waals surface area contributed by atoms with Gasteiger partial charge in [-0.1, -0.05) is 65.2 Å². The molecule has 1 fully saturated rings. The second-order valence-electron chi connectivity index (χ2n) is 14.6. The number of methoxy groups -OCH3 is 1. The van der Waals surface area contributed by atoms with Crippen LogP contribution in [0.15, 0.2) is 36.4 Å². The number of hydrogen-bond donors (Lipinski definition) is 3. The standard InChI is InChI=1S/C37H50Cl3N5O9/c1-21(42-34(50)54-35(4,5)6)26-15-14-25-13-12-24(19-28(25)43-26)16-17-36(7,8)33(49)53-29(23(3)51-9)30(46)41-22(2)31(47)45-18-10-11-27(44-45)32(48)52-20-37(38,39)40/h12-17,19,21-23,27,29,44H,10-11,18,20H2,1-9H3,(H,41,46)(H,42,50)/b17-16+/t21-,22+,23-,27+,29+/m1/s1. The van der Waals surface area contributed by atoms with Crippen molar-refractivity contribution in [2.75, 3.05) is 20.3 Å². The highest BCUT2D eigenvalue weighted by molar-refractivity contribution is 6.67. The molecule has 2 heterocycles. The van der Waals surface area contributed by atoms with Crippen molar-refractivity contribution in [2.24, 2.45) is 5.41 Å². The lowest BCUT2D eigenvalue weighted by atomic mass is 9.92. The molecule has 1 aromatic carbocycles. The number of alkyl carbamates (subject to hydrolysis) is 1. The number of nitrogens with one attached hydrogen (secondary N) is 3. The maximum absolute atomic E-state index is 13.5. The first-order valence-corrected chi connectivity index (χ1v) is 18.6. The van der Waals surface area contributed by atoms with Gasteiger partial charge >= 0.3 is 18.0 Å². The monoisotopic (exact) mass is 813 g/mol. The molecule has 0 unspecified atom stereocenters. The molecule has 0 bridgehead atoms. The van der Waals surface area contributed by atoms with E-state index in [1.165, 1.54) is 19.0 Å². The molecule has 3 amide bonds. The van der Waals surface area contributed by atoms with E-state index < -0.39 is 81.6 Å². The number of fused-ring (bicyclic) bond motifs is 1. The predicted molar refractivity (Wildman–Crippen MR) is 205 cm³/mol. The van der Waals surface area contributed by atoms with Crippen LogP contribution in [0.2, 0.25) is 0 Å². The largest absolute Gasteiger partial charge is 0.460 e. The summed E-state index contributed by atoms with van der Waals surface area (Å²) in [6.45, 7) is 13.3. The second-order valence-corrected chi connectivity index (χ2v) is 17.2. The van der Waals surface area contributed by atoms with Crippen LogP contribution in [0.5, 0.6) is 0 Å². The molecule has 5 atom stereocenters. The van der Waals surface area contributed by atoms with Crippen molar-refractivity contribution >= 4 is 81.6 Å². The van der Waals surface area contributed by atoms with Crippen LogP contribution in [0.1, 0.15) is 85.5 Å². The van der Waals surface area contributed by atoms with E-state index in [1.54, 1.807) is 53.7 Å². The van der Waals surface area contributed by atoms with Crippen LogP contribution in [0, 0.1) is 5.41 Å². The predicted octanol–water partition coefficient (Wildman–Crippen LogP) is 5.72. The Bertz CT molecular complexity index is 1710. The van der Waals surface area contributed by atoms with Gasteiger partial charge in [-0.05, 0) is 85.9 Å². The first kappa shape index (κ1) is 44.7. The van der Waals surface area contributed by atoms with Gasteiger partial charge in [0.2, 0.25) is 9.90 Å². The molecule has 2 aromatic rings. The summed E-state index contributed by atoms with van der Waals surface area (Å²) in [5.41, 5.74) is 3.04. The normalized spacial score (nSPS) is 17.6. The van der Waals surface area contributed by atoms with E-state index in [4.69, 9.17) is 58.7 Å². The minimum atomic E-state index is -1.78. The second kappa shape index (κ2) is 18.8. The number of alkyl halides is 3. The molecule has 0 saturated carbocycles. The lowest BCUT2D eigenvalue weighted by Crippen LogP contribution is -2.60. The number of benzene rings is 1. The SMILES string of the molecule is CO[C@H](C)[C@H](OC(=O)C(C)(C)/C=C/c1ccc2ccc([C@@H](C)NC(=O)OC(C)(C)C)nc2c1)C(=O)N[C@@H](C)C(=O)N1CCC[C@@H](C(=O)OCC(Cl)(Cl)Cl)N1. The maximum Gasteiger partial charge on any atom is 0.408 e. The van der Waals surface area contributed by atoms with Crippen LogP contribution in [0.3, 0.4) is 0 Å². The van der Waals surface area contributed by atoms with Crippen molar-refractivity contribution in [3.05, 3.63) is 47.7 Å². The van der Waals surface area contributed by atoms with Crippen LogP contribution in [-0.4, -0.2) is 93.8 Å². The molecule has 1 aliphatic heterocycles. The maximum atomic E-state index is 13.5. The number of rotatable bonds is 13. The zero-order valence-electron chi connectivity index (χ0n) is 32.0. The fourth-order valence-corrected chi connectivity index (χ4v) is 5.30. The summed E-state index contributed by atoms with van der Waals surface area (Å²) in [5, 5.41) is 7.49. The number of hydrogen-bond acceptors (Lipinski definition) is 11. The molecule has 0 radical (unpaired) electrons. The summed E-state index contributed by atoms with van der Waals surface area (Å²) in [5.74, 6) is -2.69. The summed E-state index contributed by atoms with van der Waals surface area (Å²) in [4.78, 5) is 69.6. The van der Waals surface area contributed by atoms with Gasteiger partial charge in [0, 0.05) is 19.0 Å². The lowest BCUT2D eigenvalue weighted by Gasteiger charge is -2.35. The number of carbonyl (C=O) groups excluding carboxylic acids is 5. The van der Waals surface area contributed by atoms with E-state index in [0.29, 0.717) is 24.1 Å². The highest BCUT2D eigenvalue weighted by atomic mass is 35.6. The molecular formula is C37H50Cl3N5O9. The number of hydrazine groups is 1. The Morgan fingerprint density at radius 1 is 1.02 bits per heavy atom. The molecule has 14 nitrogen and oxygen atoms in total. The molecule has 1 saturated heterocycles. The van der Waals surface area contributed by atoms with Crippen molar-refractivity contribution in [1.29, 1.82) is 0 Å². The first-order chi connectivity index (χ1) is 25.0. The Labute approximate surface area is 330 Å². The molecule has 1 aliphatic rings. The fourth-order valence-electron chi connectivity index (χ4n) is 5.14. The molecule has 17 heteroatoms. The van der Waals surface area contributed by atoms with Gasteiger partial charge in [-0.3, -0.25) is 29.2 Å².